The van der Waals surface area contributed by atoms with Gasteiger partial charge in [-0.3, -0.25) is 4.90 Å². The Balaban J connectivity index is 1.34. The van der Waals surface area contributed by atoms with Crippen LogP contribution in [0.25, 0.3) is 0 Å². The summed E-state index contributed by atoms with van der Waals surface area (Å²) in [6.07, 6.45) is 2.56. The quantitative estimate of drug-likeness (QED) is 0.728. The van der Waals surface area contributed by atoms with E-state index in [0.717, 1.165) is 55.9 Å². The maximum absolute atomic E-state index is 11.0. The van der Waals surface area contributed by atoms with Crippen molar-refractivity contribution in [2.45, 2.75) is 38.3 Å². The number of nitrogens with zero attached hydrogens (tertiary/aromatic N) is 2. The summed E-state index contributed by atoms with van der Waals surface area (Å²) in [7, 11) is 0. The largest absolute Gasteiger partial charge is 0.492 e. The molecule has 4 rings (SSSR count). The standard InChI is InChI=1S/C23H25ClN2O4/c1-2-29-21-13-16(3-8-19(21)24)15-26-11-9-23(10-12-26)14-20(25-30-23)17-4-6-18(7-5-17)22(27)28/h3-8,13H,2,9-12,14-15H2,1H3,(H,27,28). The summed E-state index contributed by atoms with van der Waals surface area (Å²) in [5.41, 5.74) is 3.01. The number of piperidine rings is 1. The zero-order valence-electron chi connectivity index (χ0n) is 16.9. The van der Waals surface area contributed by atoms with Gasteiger partial charge in [0.25, 0.3) is 0 Å². The molecule has 30 heavy (non-hydrogen) atoms. The number of ether oxygens (including phenoxy) is 1. The first-order valence-electron chi connectivity index (χ1n) is 10.2. The number of halogens is 1. The van der Waals surface area contributed by atoms with E-state index in [1.165, 1.54) is 5.56 Å². The highest BCUT2D eigenvalue weighted by molar-refractivity contribution is 6.32. The molecule has 2 aliphatic rings. The Hall–Kier alpha value is -2.57. The monoisotopic (exact) mass is 428 g/mol. The first kappa shape index (κ1) is 20.7. The molecule has 1 spiro atoms. The fourth-order valence-electron chi connectivity index (χ4n) is 4.04. The van der Waals surface area contributed by atoms with Crippen molar-refractivity contribution >= 4 is 23.3 Å². The molecule has 0 aliphatic carbocycles. The Morgan fingerprint density at radius 1 is 1.23 bits per heavy atom. The van der Waals surface area contributed by atoms with Gasteiger partial charge in [0, 0.05) is 38.9 Å². The van der Waals surface area contributed by atoms with Gasteiger partial charge in [-0.25, -0.2) is 4.79 Å². The van der Waals surface area contributed by atoms with Gasteiger partial charge in [0.05, 0.1) is 22.9 Å². The minimum Gasteiger partial charge on any atom is -0.492 e. The van der Waals surface area contributed by atoms with E-state index >= 15 is 0 Å². The molecule has 0 bridgehead atoms. The van der Waals surface area contributed by atoms with Crippen molar-refractivity contribution in [3.05, 3.63) is 64.2 Å². The molecule has 6 nitrogen and oxygen atoms in total. The molecule has 0 saturated carbocycles. The SMILES string of the molecule is CCOc1cc(CN2CCC3(CC2)CC(c2ccc(C(=O)O)cc2)=NO3)ccc1Cl. The van der Waals surface area contributed by atoms with Crippen molar-refractivity contribution in [1.29, 1.82) is 0 Å². The van der Waals surface area contributed by atoms with Crippen molar-refractivity contribution in [3.63, 3.8) is 0 Å². The lowest BCUT2D eigenvalue weighted by Crippen LogP contribution is -2.44. The summed E-state index contributed by atoms with van der Waals surface area (Å²) in [6.45, 7) is 5.23. The Kier molecular flexibility index (Phi) is 5.97. The van der Waals surface area contributed by atoms with E-state index in [1.54, 1.807) is 24.3 Å². The predicted octanol–water partition coefficient (Wildman–Crippen LogP) is 4.60. The number of likely N-dealkylation sites (tertiary alicyclic amines) is 1. The van der Waals surface area contributed by atoms with E-state index in [-0.39, 0.29) is 11.2 Å². The molecule has 2 aromatic rings. The van der Waals surface area contributed by atoms with Crippen LogP contribution in [0.15, 0.2) is 47.6 Å². The molecule has 2 aliphatic heterocycles. The van der Waals surface area contributed by atoms with Crippen molar-refractivity contribution < 1.29 is 19.5 Å². The van der Waals surface area contributed by atoms with Crippen molar-refractivity contribution in [3.8, 4) is 5.75 Å². The van der Waals surface area contributed by atoms with Gasteiger partial charge in [0.2, 0.25) is 0 Å². The van der Waals surface area contributed by atoms with Crippen LogP contribution in [0.5, 0.6) is 5.75 Å². The van der Waals surface area contributed by atoms with Crippen LogP contribution in [0.1, 0.15) is 47.7 Å². The summed E-state index contributed by atoms with van der Waals surface area (Å²) in [6, 6.07) is 12.8. The number of benzene rings is 2. The third-order valence-corrected chi connectivity index (χ3v) is 6.09. The second kappa shape index (κ2) is 8.66. The van der Waals surface area contributed by atoms with Gasteiger partial charge in [0.1, 0.15) is 11.4 Å². The molecule has 1 fully saturated rings. The second-order valence-corrected chi connectivity index (χ2v) is 8.25. The minimum atomic E-state index is -0.927. The van der Waals surface area contributed by atoms with Gasteiger partial charge in [-0.1, -0.05) is 35.0 Å². The van der Waals surface area contributed by atoms with Crippen molar-refractivity contribution in [1.82, 2.24) is 4.90 Å². The molecule has 1 N–H and O–H groups in total. The van der Waals surface area contributed by atoms with Crippen LogP contribution in [0.3, 0.4) is 0 Å². The van der Waals surface area contributed by atoms with Crippen LogP contribution in [0.4, 0.5) is 0 Å². The second-order valence-electron chi connectivity index (χ2n) is 7.85. The van der Waals surface area contributed by atoms with Gasteiger partial charge in [0.15, 0.2) is 0 Å². The Morgan fingerprint density at radius 2 is 1.97 bits per heavy atom. The molecule has 158 valence electrons. The lowest BCUT2D eigenvalue weighted by Gasteiger charge is -2.37. The van der Waals surface area contributed by atoms with Gasteiger partial charge in [-0.2, -0.15) is 0 Å². The highest BCUT2D eigenvalue weighted by atomic mass is 35.5. The lowest BCUT2D eigenvalue weighted by atomic mass is 9.85. The molecule has 0 unspecified atom stereocenters. The summed E-state index contributed by atoms with van der Waals surface area (Å²) >= 11 is 6.19. The van der Waals surface area contributed by atoms with Crippen molar-refractivity contribution in [2.24, 2.45) is 5.16 Å². The third-order valence-electron chi connectivity index (χ3n) is 5.77. The number of hydrogen-bond donors (Lipinski definition) is 1. The lowest BCUT2D eigenvalue weighted by molar-refractivity contribution is -0.0627. The fraction of sp³-hybridized carbons (Fsp3) is 0.391. The Labute approximate surface area is 181 Å². The van der Waals surface area contributed by atoms with E-state index in [1.807, 2.05) is 25.1 Å². The number of carboxylic acids is 1. The van der Waals surface area contributed by atoms with E-state index in [9.17, 15) is 4.79 Å². The zero-order valence-corrected chi connectivity index (χ0v) is 17.7. The summed E-state index contributed by atoms with van der Waals surface area (Å²) in [4.78, 5) is 19.3. The van der Waals surface area contributed by atoms with Crippen molar-refractivity contribution in [2.75, 3.05) is 19.7 Å². The summed E-state index contributed by atoms with van der Waals surface area (Å²) in [5.74, 6) is -0.194. The molecule has 2 aromatic carbocycles. The van der Waals surface area contributed by atoms with Crippen LogP contribution in [-0.2, 0) is 11.4 Å². The number of aromatic carboxylic acids is 1. The molecular weight excluding hydrogens is 404 g/mol. The summed E-state index contributed by atoms with van der Waals surface area (Å²) < 4.78 is 5.60. The molecule has 0 aromatic heterocycles. The third kappa shape index (κ3) is 4.45. The zero-order chi connectivity index (χ0) is 21.1. The molecule has 1 saturated heterocycles. The smallest absolute Gasteiger partial charge is 0.335 e. The maximum atomic E-state index is 11.0. The van der Waals surface area contributed by atoms with Crippen LogP contribution in [-0.4, -0.2) is 47.0 Å². The maximum Gasteiger partial charge on any atom is 0.335 e. The molecule has 0 amide bonds. The average molecular weight is 429 g/mol. The normalized spacial score (nSPS) is 18.1. The minimum absolute atomic E-state index is 0.256. The Bertz CT molecular complexity index is 950. The van der Waals surface area contributed by atoms with Crippen LogP contribution in [0, 0.1) is 0 Å². The first-order valence-corrected chi connectivity index (χ1v) is 10.6. The number of carbonyl (C=O) groups is 1. The first-order chi connectivity index (χ1) is 14.5. The topological polar surface area (TPSA) is 71.4 Å². The highest BCUT2D eigenvalue weighted by Gasteiger charge is 2.42. The summed E-state index contributed by atoms with van der Waals surface area (Å²) in [5, 5.41) is 14.0. The number of rotatable bonds is 6. The van der Waals surface area contributed by atoms with Gasteiger partial charge < -0.3 is 14.7 Å². The van der Waals surface area contributed by atoms with Crippen LogP contribution < -0.4 is 4.74 Å². The van der Waals surface area contributed by atoms with Gasteiger partial charge >= 0.3 is 5.97 Å². The number of carboxylic acid groups (broad SMARTS) is 1. The Morgan fingerprint density at radius 3 is 2.63 bits per heavy atom. The number of oxime groups is 1. The van der Waals surface area contributed by atoms with E-state index in [2.05, 4.69) is 10.1 Å². The molecule has 0 radical (unpaired) electrons. The molecule has 0 atom stereocenters. The van der Waals surface area contributed by atoms with E-state index in [4.69, 9.17) is 26.3 Å². The predicted molar refractivity (Wildman–Crippen MR) is 116 cm³/mol. The average Bonchev–Trinajstić information content (AvgIpc) is 3.16. The molecule has 7 heteroatoms. The van der Waals surface area contributed by atoms with E-state index in [0.29, 0.717) is 11.6 Å². The molecular formula is C23H25ClN2O4. The highest BCUT2D eigenvalue weighted by Crippen LogP contribution is 2.37. The molecule has 2 heterocycles. The van der Waals surface area contributed by atoms with Crippen LogP contribution in [0.2, 0.25) is 5.02 Å². The van der Waals surface area contributed by atoms with Gasteiger partial charge in [-0.15, -0.1) is 0 Å². The van der Waals surface area contributed by atoms with E-state index < -0.39 is 5.97 Å². The van der Waals surface area contributed by atoms with Gasteiger partial charge in [-0.05, 0) is 42.3 Å². The fourth-order valence-corrected chi connectivity index (χ4v) is 4.21. The number of hydrogen-bond acceptors (Lipinski definition) is 5. The van der Waals surface area contributed by atoms with Crippen LogP contribution >= 0.6 is 11.6 Å².